The molecule has 29 heavy (non-hydrogen) atoms. The Labute approximate surface area is 176 Å². The first-order chi connectivity index (χ1) is 14.0. The summed E-state index contributed by atoms with van der Waals surface area (Å²) >= 11 is 0. The number of piperidine rings is 1. The van der Waals surface area contributed by atoms with Crippen LogP contribution in [0.3, 0.4) is 0 Å². The molecule has 152 valence electrons. The highest BCUT2D eigenvalue weighted by atomic mass is 15.1. The van der Waals surface area contributed by atoms with E-state index in [9.17, 15) is 0 Å². The molecular formula is C27H34N2. The average Bonchev–Trinajstić information content (AvgIpc) is 2.72. The Kier molecular flexibility index (Phi) is 5.25. The Morgan fingerprint density at radius 1 is 0.966 bits per heavy atom. The number of benzene rings is 2. The van der Waals surface area contributed by atoms with Gasteiger partial charge in [-0.1, -0.05) is 68.8 Å². The van der Waals surface area contributed by atoms with E-state index in [1.54, 1.807) is 0 Å². The van der Waals surface area contributed by atoms with Crippen molar-refractivity contribution in [1.82, 2.24) is 9.88 Å². The zero-order valence-corrected chi connectivity index (χ0v) is 18.6. The van der Waals surface area contributed by atoms with Crippen LogP contribution in [0.1, 0.15) is 49.6 Å². The summed E-state index contributed by atoms with van der Waals surface area (Å²) in [7, 11) is 2.28. The zero-order valence-electron chi connectivity index (χ0n) is 18.6. The number of nitrogens with zero attached hydrogens (tertiary/aromatic N) is 2. The fourth-order valence-corrected chi connectivity index (χ4v) is 5.79. The molecule has 1 aliphatic heterocycles. The second-order valence-electron chi connectivity index (χ2n) is 9.14. The highest BCUT2D eigenvalue weighted by Gasteiger charge is 2.54. The van der Waals surface area contributed by atoms with Crippen LogP contribution < -0.4 is 0 Å². The first kappa shape index (κ1) is 20.1. The van der Waals surface area contributed by atoms with Crippen LogP contribution in [0, 0.1) is 12.3 Å². The SMILES string of the molecule is CC.Cc1cccc([C@@]23CCN(C)C[C@@]2(C)Cc2cc4ccccc4nc2C3)c1. The zero-order chi connectivity index (χ0) is 20.6. The van der Waals surface area contributed by atoms with E-state index < -0.39 is 0 Å². The summed E-state index contributed by atoms with van der Waals surface area (Å²) in [6, 6.07) is 20.2. The van der Waals surface area contributed by atoms with E-state index in [4.69, 9.17) is 4.98 Å². The molecule has 1 aliphatic carbocycles. The van der Waals surface area contributed by atoms with Gasteiger partial charge in [-0.25, -0.2) is 0 Å². The third-order valence-corrected chi connectivity index (χ3v) is 7.21. The minimum Gasteiger partial charge on any atom is -0.306 e. The molecular weight excluding hydrogens is 352 g/mol. The van der Waals surface area contributed by atoms with Crippen molar-refractivity contribution in [3.8, 4) is 0 Å². The van der Waals surface area contributed by atoms with Crippen molar-refractivity contribution >= 4 is 10.9 Å². The molecule has 0 bridgehead atoms. The molecule has 2 aromatic carbocycles. The predicted molar refractivity (Wildman–Crippen MR) is 124 cm³/mol. The molecule has 5 rings (SSSR count). The standard InChI is InChI=1S/C25H28N2.C2H6/c1-18-7-6-9-21(13-18)25-11-12-27(3)17-24(25,2)15-20-14-19-8-4-5-10-22(19)26-23(20)16-25;1-2/h4-10,13-14H,11-12,15-17H2,1-3H3;1-2H3/t24-,25+;/m1./s1. The van der Waals surface area contributed by atoms with Crippen LogP contribution in [0.25, 0.3) is 10.9 Å². The van der Waals surface area contributed by atoms with Gasteiger partial charge in [0.25, 0.3) is 0 Å². The van der Waals surface area contributed by atoms with Crippen molar-refractivity contribution in [1.29, 1.82) is 0 Å². The lowest BCUT2D eigenvalue weighted by Crippen LogP contribution is -2.59. The molecule has 2 heteroatoms. The molecule has 0 N–H and O–H groups in total. The topological polar surface area (TPSA) is 16.1 Å². The molecule has 1 aromatic heterocycles. The average molecular weight is 387 g/mol. The van der Waals surface area contributed by atoms with Crippen LogP contribution in [-0.2, 0) is 18.3 Å². The predicted octanol–water partition coefficient (Wildman–Crippen LogP) is 5.95. The molecule has 0 amide bonds. The lowest BCUT2D eigenvalue weighted by molar-refractivity contribution is 0.0149. The summed E-state index contributed by atoms with van der Waals surface area (Å²) in [6.07, 6.45) is 3.37. The number of hydrogen-bond acceptors (Lipinski definition) is 2. The van der Waals surface area contributed by atoms with Crippen LogP contribution in [-0.4, -0.2) is 30.0 Å². The van der Waals surface area contributed by atoms with Crippen LogP contribution in [0.4, 0.5) is 0 Å². The molecule has 0 saturated carbocycles. The Bertz CT molecular complexity index is 1020. The molecule has 0 unspecified atom stereocenters. The van der Waals surface area contributed by atoms with Gasteiger partial charge in [0.15, 0.2) is 0 Å². The number of fused-ring (bicyclic) bond motifs is 3. The summed E-state index contributed by atoms with van der Waals surface area (Å²) in [5.41, 5.74) is 7.18. The second kappa shape index (κ2) is 7.57. The quantitative estimate of drug-likeness (QED) is 0.514. The number of para-hydroxylation sites is 1. The van der Waals surface area contributed by atoms with E-state index in [1.165, 1.54) is 34.2 Å². The van der Waals surface area contributed by atoms with Gasteiger partial charge < -0.3 is 4.90 Å². The van der Waals surface area contributed by atoms with Crippen molar-refractivity contribution in [2.45, 2.75) is 52.4 Å². The van der Waals surface area contributed by atoms with Crippen LogP contribution in [0.15, 0.2) is 54.6 Å². The van der Waals surface area contributed by atoms with E-state index in [0.29, 0.717) is 0 Å². The second-order valence-corrected chi connectivity index (χ2v) is 9.14. The van der Waals surface area contributed by atoms with Crippen molar-refractivity contribution in [2.75, 3.05) is 20.1 Å². The van der Waals surface area contributed by atoms with E-state index in [1.807, 2.05) is 13.8 Å². The first-order valence-corrected chi connectivity index (χ1v) is 11.1. The maximum Gasteiger partial charge on any atom is 0.0705 e. The molecule has 3 aromatic rings. The summed E-state index contributed by atoms with van der Waals surface area (Å²) in [6.45, 7) is 11.0. The Morgan fingerprint density at radius 2 is 1.76 bits per heavy atom. The lowest BCUT2D eigenvalue weighted by atomic mass is 9.50. The summed E-state index contributed by atoms with van der Waals surface area (Å²) < 4.78 is 0. The van der Waals surface area contributed by atoms with Crippen LogP contribution in [0.2, 0.25) is 0 Å². The molecule has 0 spiro atoms. The normalized spacial score (nSPS) is 26.2. The molecule has 2 atom stereocenters. The van der Waals surface area contributed by atoms with Gasteiger partial charge in [0.05, 0.1) is 5.52 Å². The van der Waals surface area contributed by atoms with E-state index in [2.05, 4.69) is 80.4 Å². The van der Waals surface area contributed by atoms with Gasteiger partial charge in [-0.3, -0.25) is 4.98 Å². The van der Waals surface area contributed by atoms with Crippen molar-refractivity contribution in [3.63, 3.8) is 0 Å². The summed E-state index contributed by atoms with van der Waals surface area (Å²) in [5.74, 6) is 0. The summed E-state index contributed by atoms with van der Waals surface area (Å²) in [4.78, 5) is 7.66. The number of rotatable bonds is 1. The van der Waals surface area contributed by atoms with Crippen molar-refractivity contribution in [2.24, 2.45) is 5.41 Å². The maximum atomic E-state index is 5.14. The Balaban J connectivity index is 0.000000994. The molecule has 2 nitrogen and oxygen atoms in total. The number of aryl methyl sites for hydroxylation is 1. The lowest BCUT2D eigenvalue weighted by Gasteiger charge is -2.57. The highest BCUT2D eigenvalue weighted by Crippen LogP contribution is 2.55. The van der Waals surface area contributed by atoms with E-state index in [-0.39, 0.29) is 10.8 Å². The molecule has 1 saturated heterocycles. The first-order valence-electron chi connectivity index (χ1n) is 11.1. The van der Waals surface area contributed by atoms with Crippen molar-refractivity contribution < 1.29 is 0 Å². The van der Waals surface area contributed by atoms with Crippen LogP contribution >= 0.6 is 0 Å². The van der Waals surface area contributed by atoms with Gasteiger partial charge in [-0.2, -0.15) is 0 Å². The van der Waals surface area contributed by atoms with Gasteiger partial charge in [0, 0.05) is 29.5 Å². The molecule has 1 fully saturated rings. The van der Waals surface area contributed by atoms with E-state index >= 15 is 0 Å². The number of likely N-dealkylation sites (tertiary alicyclic amines) is 1. The monoisotopic (exact) mass is 386 g/mol. The third-order valence-electron chi connectivity index (χ3n) is 7.21. The van der Waals surface area contributed by atoms with Gasteiger partial charge >= 0.3 is 0 Å². The van der Waals surface area contributed by atoms with Crippen LogP contribution in [0.5, 0.6) is 0 Å². The van der Waals surface area contributed by atoms with E-state index in [0.717, 1.165) is 31.4 Å². The van der Waals surface area contributed by atoms with Gasteiger partial charge in [0.1, 0.15) is 0 Å². The molecule has 2 aliphatic rings. The highest BCUT2D eigenvalue weighted by molar-refractivity contribution is 5.79. The molecule has 2 heterocycles. The Hall–Kier alpha value is -2.19. The third kappa shape index (κ3) is 3.28. The van der Waals surface area contributed by atoms with Gasteiger partial charge in [-0.05, 0) is 62.0 Å². The number of hydrogen-bond donors (Lipinski definition) is 0. The van der Waals surface area contributed by atoms with Gasteiger partial charge in [-0.15, -0.1) is 0 Å². The molecule has 0 radical (unpaired) electrons. The maximum absolute atomic E-state index is 5.14. The number of aromatic nitrogens is 1. The Morgan fingerprint density at radius 3 is 2.55 bits per heavy atom. The smallest absolute Gasteiger partial charge is 0.0705 e. The fraction of sp³-hybridized carbons (Fsp3) is 0.444. The minimum absolute atomic E-state index is 0.175. The van der Waals surface area contributed by atoms with Gasteiger partial charge in [0.2, 0.25) is 0 Å². The number of pyridine rings is 1. The van der Waals surface area contributed by atoms with Crippen molar-refractivity contribution in [3.05, 3.63) is 77.0 Å². The minimum atomic E-state index is 0.175. The summed E-state index contributed by atoms with van der Waals surface area (Å²) in [5, 5.41) is 1.27. The fourth-order valence-electron chi connectivity index (χ4n) is 5.79. The largest absolute Gasteiger partial charge is 0.306 e.